The van der Waals surface area contributed by atoms with Crippen molar-refractivity contribution in [2.24, 2.45) is 0 Å². The Hall–Kier alpha value is -0.390. The van der Waals surface area contributed by atoms with Gasteiger partial charge < -0.3 is 4.98 Å². The number of hydrogen-bond acceptors (Lipinski definition) is 2. The van der Waals surface area contributed by atoms with E-state index >= 15 is 0 Å². The number of hydrogen-bond donors (Lipinski definition) is 1. The van der Waals surface area contributed by atoms with Crippen molar-refractivity contribution in [1.29, 1.82) is 0 Å². The third-order valence-electron chi connectivity index (χ3n) is 4.02. The van der Waals surface area contributed by atoms with Crippen molar-refractivity contribution < 1.29 is 0 Å². The van der Waals surface area contributed by atoms with E-state index in [9.17, 15) is 4.79 Å². The summed E-state index contributed by atoms with van der Waals surface area (Å²) in [5.74, 6) is 1.79. The molecule has 0 amide bonds. The Balaban J connectivity index is 2.42. The van der Waals surface area contributed by atoms with Crippen LogP contribution in [0.1, 0.15) is 75.7 Å². The molecule has 0 bridgehead atoms. The van der Waals surface area contributed by atoms with Gasteiger partial charge in [0, 0.05) is 11.8 Å². The average molecular weight is 360 g/mol. The Kier molecular flexibility index (Phi) is 4.81. The first-order valence-electron chi connectivity index (χ1n) is 6.96. The van der Waals surface area contributed by atoms with Gasteiger partial charge in [-0.3, -0.25) is 4.79 Å². The Morgan fingerprint density at radius 3 is 2.50 bits per heavy atom. The quantitative estimate of drug-likeness (QED) is 0.827. The number of halogens is 1. The van der Waals surface area contributed by atoms with Gasteiger partial charge in [0.1, 0.15) is 5.82 Å². The number of aromatic nitrogens is 2. The number of H-pyrrole nitrogens is 1. The monoisotopic (exact) mass is 360 g/mol. The zero-order chi connectivity index (χ0) is 13.1. The maximum Gasteiger partial charge on any atom is 0.264 e. The molecule has 0 aliphatic heterocycles. The Bertz CT molecular complexity index is 459. The molecule has 0 unspecified atom stereocenters. The molecule has 100 valence electrons. The highest BCUT2D eigenvalue weighted by molar-refractivity contribution is 14.1. The highest BCUT2D eigenvalue weighted by Crippen LogP contribution is 2.34. The largest absolute Gasteiger partial charge is 0.309 e. The van der Waals surface area contributed by atoms with Crippen LogP contribution < -0.4 is 5.56 Å². The molecule has 1 aromatic rings. The summed E-state index contributed by atoms with van der Waals surface area (Å²) in [5, 5.41) is 0. The van der Waals surface area contributed by atoms with E-state index in [1.54, 1.807) is 0 Å². The smallest absolute Gasteiger partial charge is 0.264 e. The van der Waals surface area contributed by atoms with Crippen LogP contribution in [0.2, 0.25) is 0 Å². The molecule has 3 nitrogen and oxygen atoms in total. The standard InChI is InChI=1S/C14H21IN2O/c1-3-9(4-2)13-16-12(10-7-5-6-8-10)11(15)14(18)17-13/h9-10H,3-8H2,1-2H3,(H,16,17,18). The lowest BCUT2D eigenvalue weighted by molar-refractivity contribution is 0.581. The van der Waals surface area contributed by atoms with Gasteiger partial charge in [0.2, 0.25) is 0 Å². The van der Waals surface area contributed by atoms with Crippen molar-refractivity contribution in [3.05, 3.63) is 25.4 Å². The van der Waals surface area contributed by atoms with Gasteiger partial charge in [-0.2, -0.15) is 0 Å². The first kappa shape index (κ1) is 14.0. The van der Waals surface area contributed by atoms with Crippen molar-refractivity contribution in [3.63, 3.8) is 0 Å². The predicted molar refractivity (Wildman–Crippen MR) is 82.1 cm³/mol. The molecule has 1 fully saturated rings. The summed E-state index contributed by atoms with van der Waals surface area (Å²) >= 11 is 2.15. The molecular weight excluding hydrogens is 339 g/mol. The Morgan fingerprint density at radius 2 is 1.94 bits per heavy atom. The van der Waals surface area contributed by atoms with Crippen LogP contribution in [0.3, 0.4) is 0 Å². The van der Waals surface area contributed by atoms with Crippen LogP contribution in [-0.2, 0) is 0 Å². The van der Waals surface area contributed by atoms with Gasteiger partial charge in [-0.25, -0.2) is 4.98 Å². The summed E-state index contributed by atoms with van der Waals surface area (Å²) in [4.78, 5) is 19.8. The molecule has 1 N–H and O–H groups in total. The summed E-state index contributed by atoms with van der Waals surface area (Å²) in [6.45, 7) is 4.31. The van der Waals surface area contributed by atoms with E-state index in [0.29, 0.717) is 11.8 Å². The van der Waals surface area contributed by atoms with Gasteiger partial charge in [-0.15, -0.1) is 0 Å². The average Bonchev–Trinajstić information content (AvgIpc) is 2.88. The van der Waals surface area contributed by atoms with Crippen LogP contribution in [0, 0.1) is 3.57 Å². The van der Waals surface area contributed by atoms with Crippen molar-refractivity contribution in [1.82, 2.24) is 9.97 Å². The van der Waals surface area contributed by atoms with E-state index in [4.69, 9.17) is 4.98 Å². The molecule has 18 heavy (non-hydrogen) atoms. The first-order chi connectivity index (χ1) is 8.67. The van der Waals surface area contributed by atoms with Crippen molar-refractivity contribution in [2.45, 2.75) is 64.2 Å². The van der Waals surface area contributed by atoms with Crippen molar-refractivity contribution in [3.8, 4) is 0 Å². The Morgan fingerprint density at radius 1 is 1.33 bits per heavy atom. The minimum absolute atomic E-state index is 0.0504. The summed E-state index contributed by atoms with van der Waals surface area (Å²) in [7, 11) is 0. The SMILES string of the molecule is CCC(CC)c1nc(C2CCCC2)c(I)c(=O)[nH]1. The van der Waals surface area contributed by atoms with E-state index in [0.717, 1.165) is 27.9 Å². The van der Waals surface area contributed by atoms with Crippen molar-refractivity contribution in [2.75, 3.05) is 0 Å². The van der Waals surface area contributed by atoms with Gasteiger partial charge in [0.15, 0.2) is 0 Å². The molecule has 1 aromatic heterocycles. The highest BCUT2D eigenvalue weighted by atomic mass is 127. The second kappa shape index (κ2) is 6.17. The number of nitrogens with zero attached hydrogens (tertiary/aromatic N) is 1. The molecule has 0 radical (unpaired) electrons. The molecule has 2 rings (SSSR count). The van der Waals surface area contributed by atoms with Gasteiger partial charge >= 0.3 is 0 Å². The fourth-order valence-electron chi connectivity index (χ4n) is 2.83. The second-order valence-electron chi connectivity index (χ2n) is 5.15. The van der Waals surface area contributed by atoms with Crippen LogP contribution in [0.15, 0.2) is 4.79 Å². The minimum Gasteiger partial charge on any atom is -0.309 e. The van der Waals surface area contributed by atoms with Crippen LogP contribution in [0.5, 0.6) is 0 Å². The molecule has 0 atom stereocenters. The topological polar surface area (TPSA) is 45.8 Å². The number of aromatic amines is 1. The van der Waals surface area contributed by atoms with Crippen LogP contribution in [-0.4, -0.2) is 9.97 Å². The fraction of sp³-hybridized carbons (Fsp3) is 0.714. The highest BCUT2D eigenvalue weighted by Gasteiger charge is 2.24. The summed E-state index contributed by atoms with van der Waals surface area (Å²) in [6, 6.07) is 0. The molecule has 1 heterocycles. The molecule has 1 saturated carbocycles. The molecule has 0 spiro atoms. The maximum atomic E-state index is 12.1. The molecule has 1 aliphatic rings. The third kappa shape index (κ3) is 2.78. The minimum atomic E-state index is 0.0504. The summed E-state index contributed by atoms with van der Waals surface area (Å²) < 4.78 is 0.800. The zero-order valence-corrected chi connectivity index (χ0v) is 13.3. The van der Waals surface area contributed by atoms with Gasteiger partial charge in [0.05, 0.1) is 9.26 Å². The lowest BCUT2D eigenvalue weighted by Gasteiger charge is -2.16. The van der Waals surface area contributed by atoms with Gasteiger partial charge in [0.25, 0.3) is 5.56 Å². The lowest BCUT2D eigenvalue weighted by Crippen LogP contribution is -2.21. The first-order valence-corrected chi connectivity index (χ1v) is 8.04. The van der Waals surface area contributed by atoms with E-state index in [2.05, 4.69) is 41.4 Å². The van der Waals surface area contributed by atoms with Gasteiger partial charge in [-0.1, -0.05) is 26.7 Å². The lowest BCUT2D eigenvalue weighted by atomic mass is 10.0. The maximum absolute atomic E-state index is 12.1. The molecule has 0 aromatic carbocycles. The molecule has 1 aliphatic carbocycles. The van der Waals surface area contributed by atoms with E-state index in [1.807, 2.05) is 0 Å². The zero-order valence-electron chi connectivity index (χ0n) is 11.1. The van der Waals surface area contributed by atoms with Gasteiger partial charge in [-0.05, 0) is 48.3 Å². The summed E-state index contributed by atoms with van der Waals surface area (Å²) in [5.41, 5.74) is 1.10. The van der Waals surface area contributed by atoms with E-state index < -0.39 is 0 Å². The Labute approximate surface area is 122 Å². The predicted octanol–water partition coefficient (Wildman–Crippen LogP) is 3.94. The van der Waals surface area contributed by atoms with E-state index in [1.165, 1.54) is 25.7 Å². The normalized spacial score (nSPS) is 16.7. The molecule has 0 saturated heterocycles. The molecular formula is C14H21IN2O. The summed E-state index contributed by atoms with van der Waals surface area (Å²) in [6.07, 6.45) is 6.99. The fourth-order valence-corrected chi connectivity index (χ4v) is 3.53. The van der Waals surface area contributed by atoms with Crippen LogP contribution in [0.4, 0.5) is 0 Å². The van der Waals surface area contributed by atoms with E-state index in [-0.39, 0.29) is 5.56 Å². The number of rotatable bonds is 4. The van der Waals surface area contributed by atoms with Crippen LogP contribution in [0.25, 0.3) is 0 Å². The molecule has 4 heteroatoms. The second-order valence-corrected chi connectivity index (χ2v) is 6.22. The third-order valence-corrected chi connectivity index (χ3v) is 5.06. The van der Waals surface area contributed by atoms with Crippen molar-refractivity contribution >= 4 is 22.6 Å². The number of nitrogens with one attached hydrogen (secondary N) is 1. The van der Waals surface area contributed by atoms with Crippen LogP contribution >= 0.6 is 22.6 Å².